The molecule has 35 heavy (non-hydrogen) atoms. The van der Waals surface area contributed by atoms with Crippen LogP contribution in [0.15, 0.2) is 121 Å². The van der Waals surface area contributed by atoms with Gasteiger partial charge in [0.15, 0.2) is 0 Å². The second-order valence-electron chi connectivity index (χ2n) is 9.96. The molecule has 0 saturated heterocycles. The molecule has 5 rings (SSSR count). The molecule has 0 radical (unpaired) electrons. The van der Waals surface area contributed by atoms with Crippen molar-refractivity contribution in [2.24, 2.45) is 0 Å². The van der Waals surface area contributed by atoms with Crippen LogP contribution in [0, 0.1) is 0 Å². The monoisotopic (exact) mass is 730 g/mol. The molecule has 0 N–H and O–H groups in total. The fraction of sp³-hybridized carbons (Fsp3) is 0.161. The first kappa shape index (κ1) is 28.2. The van der Waals surface area contributed by atoms with Crippen LogP contribution in [0.4, 0.5) is 0 Å². The van der Waals surface area contributed by atoms with E-state index in [0.29, 0.717) is 0 Å². The molecular weight excluding hydrogens is 694 g/mol. The summed E-state index contributed by atoms with van der Waals surface area (Å²) in [6, 6.07) is 33.5. The zero-order chi connectivity index (χ0) is 23.1. The molecule has 3 aromatic rings. The van der Waals surface area contributed by atoms with E-state index in [9.17, 15) is 0 Å². The SMILES string of the molecule is CC1=[C]([Hf]([CH3])(=[GeH2])([C]2=C(C)C(c3ccccc3)=CC2)[c]2ccccc2)CC=C1c1ccccc1.Cl.Cl. The third-order valence-electron chi connectivity index (χ3n) is 8.09. The molecule has 3 aromatic carbocycles. The van der Waals surface area contributed by atoms with Crippen molar-refractivity contribution in [3.8, 4) is 0 Å². The van der Waals surface area contributed by atoms with E-state index in [4.69, 9.17) is 0 Å². The van der Waals surface area contributed by atoms with E-state index >= 15 is 0 Å². The number of benzene rings is 3. The first-order valence-electron chi connectivity index (χ1n) is 11.9. The van der Waals surface area contributed by atoms with Crippen LogP contribution in [0.5, 0.6) is 0 Å². The van der Waals surface area contributed by atoms with Gasteiger partial charge in [-0.1, -0.05) is 0 Å². The van der Waals surface area contributed by atoms with Gasteiger partial charge in [-0.25, -0.2) is 0 Å². The van der Waals surface area contributed by atoms with E-state index in [-0.39, 0.29) is 24.8 Å². The molecular formula is C31H34Cl2GeHf. The van der Waals surface area contributed by atoms with E-state index in [2.05, 4.69) is 122 Å². The van der Waals surface area contributed by atoms with Gasteiger partial charge in [0.25, 0.3) is 0 Å². The van der Waals surface area contributed by atoms with Gasteiger partial charge in [0.2, 0.25) is 0 Å². The predicted molar refractivity (Wildman–Crippen MR) is 158 cm³/mol. The van der Waals surface area contributed by atoms with Crippen molar-refractivity contribution >= 4 is 51.5 Å². The van der Waals surface area contributed by atoms with Crippen molar-refractivity contribution in [1.29, 1.82) is 0 Å². The Hall–Kier alpha value is -1.39. The van der Waals surface area contributed by atoms with Crippen molar-refractivity contribution in [3.63, 3.8) is 0 Å². The maximum Gasteiger partial charge on any atom is -0.147 e. The van der Waals surface area contributed by atoms with Gasteiger partial charge in [-0.15, -0.1) is 24.8 Å². The largest absolute Gasteiger partial charge is 0.147 e. The van der Waals surface area contributed by atoms with Crippen LogP contribution in [0.2, 0.25) is 4.68 Å². The molecule has 0 fully saturated rings. The molecule has 180 valence electrons. The standard InChI is InChI=1S/2C12H11.C6H5.CH3.2ClH.GeH2.Hf/c2*1-10-6-5-9-12(10)11-7-3-2-4-8-11;1-2-4-6-5-3-1;;;;;/h2*2-4,7-9H,5H2,1H3;1-5H;1H3;2*1H;1H2;. The molecule has 0 bridgehead atoms. The minimum absolute atomic E-state index is 0. The first-order valence-corrected chi connectivity index (χ1v) is 35.6. The number of hydrogen-bond acceptors (Lipinski definition) is 0. The third-order valence-corrected chi connectivity index (χ3v) is 52.5. The molecule has 0 amide bonds. The third kappa shape index (κ3) is 4.70. The van der Waals surface area contributed by atoms with Crippen LogP contribution >= 0.6 is 24.8 Å². The fourth-order valence-electron chi connectivity index (χ4n) is 6.24. The Morgan fingerprint density at radius 1 is 0.571 bits per heavy atom. The summed E-state index contributed by atoms with van der Waals surface area (Å²) in [6.07, 6.45) is 7.23. The summed E-state index contributed by atoms with van der Waals surface area (Å²) >= 11 is -2.44. The van der Waals surface area contributed by atoms with Gasteiger partial charge in [0.05, 0.1) is 0 Å². The maximum atomic E-state index is 2.74. The first-order chi connectivity index (χ1) is 15.9. The van der Waals surface area contributed by atoms with E-state index in [1.807, 2.05) is 0 Å². The topological polar surface area (TPSA) is 0 Å². The van der Waals surface area contributed by atoms with Crippen molar-refractivity contribution in [1.82, 2.24) is 0 Å². The van der Waals surface area contributed by atoms with Gasteiger partial charge in [0, 0.05) is 0 Å². The van der Waals surface area contributed by atoms with Gasteiger partial charge >= 0.3 is 206 Å². The Bertz CT molecular complexity index is 1330. The summed E-state index contributed by atoms with van der Waals surface area (Å²) < 4.78 is 7.96. The summed E-state index contributed by atoms with van der Waals surface area (Å²) in [5, 5.41) is 0. The molecule has 0 spiro atoms. The van der Waals surface area contributed by atoms with Crippen molar-refractivity contribution < 1.29 is 15.4 Å². The fourth-order valence-corrected chi connectivity index (χ4v) is 45.1. The Labute approximate surface area is 228 Å². The van der Waals surface area contributed by atoms with Gasteiger partial charge < -0.3 is 0 Å². The Kier molecular flexibility index (Phi) is 8.80. The van der Waals surface area contributed by atoms with Gasteiger partial charge in [-0.2, -0.15) is 0 Å². The van der Waals surface area contributed by atoms with Crippen LogP contribution in [0.1, 0.15) is 37.8 Å². The molecule has 0 heterocycles. The number of halogens is 2. The van der Waals surface area contributed by atoms with Crippen LogP contribution in [0.25, 0.3) is 11.1 Å². The average molecular weight is 729 g/mol. The summed E-state index contributed by atoms with van der Waals surface area (Å²) in [5.74, 6) is 0. The van der Waals surface area contributed by atoms with Gasteiger partial charge in [-0.05, 0) is 0 Å². The Morgan fingerprint density at radius 3 is 1.29 bits per heavy atom. The summed E-state index contributed by atoms with van der Waals surface area (Å²) in [6.45, 7) is 4.80. The second-order valence-corrected chi connectivity index (χ2v) is 61.2. The average Bonchev–Trinajstić information content (AvgIpc) is 3.45. The van der Waals surface area contributed by atoms with Crippen molar-refractivity contribution in [2.75, 3.05) is 0 Å². The minimum Gasteiger partial charge on any atom is -0.147 e. The molecule has 0 aromatic heterocycles. The van der Waals surface area contributed by atoms with E-state index in [1.165, 1.54) is 34.5 Å². The van der Waals surface area contributed by atoms with E-state index < -0.39 is 15.4 Å². The predicted octanol–water partition coefficient (Wildman–Crippen LogP) is 7.96. The van der Waals surface area contributed by atoms with E-state index in [0.717, 1.165) is 12.8 Å². The summed E-state index contributed by atoms with van der Waals surface area (Å²) in [4.78, 5) is 0. The number of allylic oxidation sites excluding steroid dienone is 8. The van der Waals surface area contributed by atoms with E-state index in [1.54, 1.807) is 21.1 Å². The smallest absolute Gasteiger partial charge is 0.147 e. The van der Waals surface area contributed by atoms with Crippen LogP contribution < -0.4 is 3.32 Å². The summed E-state index contributed by atoms with van der Waals surface area (Å²) in [5.41, 5.74) is 8.71. The number of hydrogen-bond donors (Lipinski definition) is 0. The van der Waals surface area contributed by atoms with Crippen LogP contribution in [0.3, 0.4) is 0 Å². The quantitative estimate of drug-likeness (QED) is 0.234. The molecule has 0 aliphatic heterocycles. The molecule has 4 heteroatoms. The Balaban J connectivity index is 0.00000171. The zero-order valence-corrected chi connectivity index (χ0v) is 28.9. The maximum absolute atomic E-state index is 3.81. The van der Waals surface area contributed by atoms with Crippen molar-refractivity contribution in [3.05, 3.63) is 132 Å². The molecule has 0 saturated carbocycles. The Morgan fingerprint density at radius 2 is 0.914 bits per heavy atom. The normalized spacial score (nSPS) is 15.9. The zero-order valence-electron chi connectivity index (χ0n) is 20.8. The van der Waals surface area contributed by atoms with Crippen molar-refractivity contribution in [2.45, 2.75) is 31.4 Å². The van der Waals surface area contributed by atoms with Crippen LogP contribution in [-0.4, -0.2) is 12.2 Å². The van der Waals surface area contributed by atoms with Crippen LogP contribution in [-0.2, 0) is 15.4 Å². The molecule has 0 atom stereocenters. The molecule has 0 nitrogen and oxygen atoms in total. The minimum atomic E-state index is -3.81. The van der Waals surface area contributed by atoms with Gasteiger partial charge in [-0.3, -0.25) is 0 Å². The molecule has 0 unspecified atom stereocenters. The molecule has 2 aliphatic rings. The summed E-state index contributed by atoms with van der Waals surface area (Å²) in [7, 11) is 0. The number of rotatable bonds is 5. The second kappa shape index (κ2) is 10.9. The molecule has 2 aliphatic carbocycles. The van der Waals surface area contributed by atoms with Gasteiger partial charge in [0.1, 0.15) is 0 Å².